The maximum atomic E-state index is 3.53. The predicted octanol–water partition coefficient (Wildman–Crippen LogP) is 4.00. The van der Waals surface area contributed by atoms with Gasteiger partial charge in [-0.3, -0.25) is 0 Å². The van der Waals surface area contributed by atoms with E-state index in [0.29, 0.717) is 16.9 Å². The molecule has 90 valence electrons. The Bertz CT molecular complexity index is 375. The quantitative estimate of drug-likeness (QED) is 0.838. The molecular formula is C14H23NS. The van der Waals surface area contributed by atoms with Crippen molar-refractivity contribution in [2.75, 3.05) is 7.05 Å². The number of hydrogen-bond acceptors (Lipinski definition) is 2. The minimum atomic E-state index is 0.440. The van der Waals surface area contributed by atoms with Gasteiger partial charge >= 0.3 is 0 Å². The number of thiophene rings is 1. The molecule has 1 fully saturated rings. The van der Waals surface area contributed by atoms with Crippen molar-refractivity contribution in [2.24, 2.45) is 16.7 Å². The topological polar surface area (TPSA) is 12.0 Å². The van der Waals surface area contributed by atoms with E-state index in [-0.39, 0.29) is 0 Å². The molecule has 0 amide bonds. The van der Waals surface area contributed by atoms with Gasteiger partial charge in [-0.25, -0.2) is 0 Å². The molecule has 2 rings (SSSR count). The number of rotatable bonds is 3. The third-order valence-electron chi connectivity index (χ3n) is 5.01. The first-order chi connectivity index (χ1) is 7.34. The summed E-state index contributed by atoms with van der Waals surface area (Å²) in [7, 11) is 2.09. The summed E-state index contributed by atoms with van der Waals surface area (Å²) in [4.78, 5) is 1.46. The third-order valence-corrected chi connectivity index (χ3v) is 5.87. The van der Waals surface area contributed by atoms with Crippen LogP contribution in [0.2, 0.25) is 0 Å². The maximum absolute atomic E-state index is 3.53. The lowest BCUT2D eigenvalue weighted by atomic mass is 9.97. The molecule has 1 aliphatic rings. The molecule has 1 N–H and O–H groups in total. The van der Waals surface area contributed by atoms with Gasteiger partial charge < -0.3 is 5.32 Å². The Kier molecular flexibility index (Phi) is 2.71. The van der Waals surface area contributed by atoms with Gasteiger partial charge in [-0.2, -0.15) is 0 Å². The average molecular weight is 237 g/mol. The van der Waals surface area contributed by atoms with Crippen molar-refractivity contribution in [1.29, 1.82) is 0 Å². The first-order valence-electron chi connectivity index (χ1n) is 6.05. The molecule has 1 nitrogen and oxygen atoms in total. The van der Waals surface area contributed by atoms with Gasteiger partial charge in [0.15, 0.2) is 0 Å². The lowest BCUT2D eigenvalue weighted by molar-refractivity contribution is 0.437. The van der Waals surface area contributed by atoms with Gasteiger partial charge in [0.1, 0.15) is 0 Å². The fraction of sp³-hybridized carbons (Fsp3) is 0.714. The molecule has 1 heterocycles. The zero-order valence-corrected chi connectivity index (χ0v) is 12.0. The van der Waals surface area contributed by atoms with E-state index >= 15 is 0 Å². The predicted molar refractivity (Wildman–Crippen MR) is 71.9 cm³/mol. The molecule has 0 aromatic carbocycles. The van der Waals surface area contributed by atoms with Gasteiger partial charge in [0.2, 0.25) is 0 Å². The average Bonchev–Trinajstić information content (AvgIpc) is 2.54. The summed E-state index contributed by atoms with van der Waals surface area (Å²) in [6, 6.07) is 2.79. The van der Waals surface area contributed by atoms with Crippen molar-refractivity contribution in [2.45, 2.75) is 40.7 Å². The molecule has 1 aromatic rings. The van der Waals surface area contributed by atoms with Crippen molar-refractivity contribution in [3.63, 3.8) is 0 Å². The lowest BCUT2D eigenvalue weighted by Crippen LogP contribution is -2.21. The summed E-state index contributed by atoms with van der Waals surface area (Å²) in [5.41, 5.74) is 2.38. The highest BCUT2D eigenvalue weighted by molar-refractivity contribution is 7.10. The van der Waals surface area contributed by atoms with E-state index in [0.717, 1.165) is 5.92 Å². The molecule has 0 bridgehead atoms. The Morgan fingerprint density at radius 2 is 1.81 bits per heavy atom. The Morgan fingerprint density at radius 3 is 2.12 bits per heavy atom. The Morgan fingerprint density at radius 1 is 1.25 bits per heavy atom. The maximum Gasteiger partial charge on any atom is 0.0367 e. The van der Waals surface area contributed by atoms with Crippen LogP contribution in [-0.4, -0.2) is 7.05 Å². The highest BCUT2D eigenvalue weighted by Gasteiger charge is 2.67. The third kappa shape index (κ3) is 1.46. The van der Waals surface area contributed by atoms with Gasteiger partial charge in [-0.15, -0.1) is 11.3 Å². The standard InChI is InChI=1S/C14H23NS/c1-9-10(7-8-16-9)11(15-6)12-13(2,3)14(12,4)5/h7-8,11-12,15H,1-6H3. The van der Waals surface area contributed by atoms with Crippen LogP contribution in [0, 0.1) is 23.7 Å². The minimum absolute atomic E-state index is 0.440. The van der Waals surface area contributed by atoms with E-state index in [9.17, 15) is 0 Å². The second-order valence-electron chi connectivity index (χ2n) is 6.12. The molecular weight excluding hydrogens is 214 g/mol. The Balaban J connectivity index is 2.31. The number of hydrogen-bond donors (Lipinski definition) is 1. The summed E-state index contributed by atoms with van der Waals surface area (Å²) >= 11 is 1.85. The number of aryl methyl sites for hydroxylation is 1. The minimum Gasteiger partial charge on any atom is -0.313 e. The summed E-state index contributed by atoms with van der Waals surface area (Å²) in [6.45, 7) is 11.8. The smallest absolute Gasteiger partial charge is 0.0367 e. The Labute approximate surface area is 103 Å². The second kappa shape index (κ2) is 3.58. The van der Waals surface area contributed by atoms with E-state index < -0.39 is 0 Å². The van der Waals surface area contributed by atoms with Crippen molar-refractivity contribution in [1.82, 2.24) is 5.32 Å². The molecule has 0 saturated heterocycles. The monoisotopic (exact) mass is 237 g/mol. The number of nitrogens with one attached hydrogen (secondary N) is 1. The molecule has 1 atom stereocenters. The van der Waals surface area contributed by atoms with Crippen LogP contribution >= 0.6 is 11.3 Å². The molecule has 1 saturated carbocycles. The van der Waals surface area contributed by atoms with Gasteiger partial charge in [0.05, 0.1) is 0 Å². The van der Waals surface area contributed by atoms with E-state index in [1.165, 1.54) is 10.4 Å². The van der Waals surface area contributed by atoms with Crippen molar-refractivity contribution < 1.29 is 0 Å². The van der Waals surface area contributed by atoms with Gasteiger partial charge in [0.25, 0.3) is 0 Å². The highest BCUT2D eigenvalue weighted by atomic mass is 32.1. The zero-order chi connectivity index (χ0) is 12.1. The molecule has 0 spiro atoms. The summed E-state index contributed by atoms with van der Waals surface area (Å²) in [6.07, 6.45) is 0. The lowest BCUT2D eigenvalue weighted by Gasteiger charge is -2.18. The Hall–Kier alpha value is -0.340. The van der Waals surface area contributed by atoms with Crippen LogP contribution in [0.1, 0.15) is 44.2 Å². The summed E-state index contributed by atoms with van der Waals surface area (Å²) in [5, 5.41) is 5.73. The fourth-order valence-electron chi connectivity index (χ4n) is 3.30. The first-order valence-corrected chi connectivity index (χ1v) is 6.93. The van der Waals surface area contributed by atoms with Gasteiger partial charge in [-0.1, -0.05) is 27.7 Å². The van der Waals surface area contributed by atoms with E-state index in [4.69, 9.17) is 0 Å². The van der Waals surface area contributed by atoms with Crippen molar-refractivity contribution in [3.8, 4) is 0 Å². The normalized spacial score (nSPS) is 24.4. The van der Waals surface area contributed by atoms with Crippen molar-refractivity contribution >= 4 is 11.3 Å². The summed E-state index contributed by atoms with van der Waals surface area (Å²) < 4.78 is 0. The SMILES string of the molecule is CNC(c1ccsc1C)C1C(C)(C)C1(C)C. The largest absolute Gasteiger partial charge is 0.313 e. The van der Waals surface area contributed by atoms with Crippen LogP contribution in [0.4, 0.5) is 0 Å². The molecule has 0 radical (unpaired) electrons. The van der Waals surface area contributed by atoms with Crippen LogP contribution in [-0.2, 0) is 0 Å². The van der Waals surface area contributed by atoms with E-state index in [2.05, 4.69) is 58.4 Å². The second-order valence-corrected chi connectivity index (χ2v) is 7.24. The van der Waals surface area contributed by atoms with E-state index in [1.807, 2.05) is 11.3 Å². The van der Waals surface area contributed by atoms with Crippen LogP contribution in [0.25, 0.3) is 0 Å². The highest BCUT2D eigenvalue weighted by Crippen LogP contribution is 2.72. The molecule has 0 aliphatic heterocycles. The first kappa shape index (κ1) is 12.1. The fourth-order valence-corrected chi connectivity index (χ4v) is 4.05. The molecule has 16 heavy (non-hydrogen) atoms. The summed E-state index contributed by atoms with van der Waals surface area (Å²) in [5.74, 6) is 0.735. The zero-order valence-electron chi connectivity index (χ0n) is 11.2. The van der Waals surface area contributed by atoms with Gasteiger partial charge in [0, 0.05) is 10.9 Å². The molecule has 1 aliphatic carbocycles. The van der Waals surface area contributed by atoms with Crippen LogP contribution in [0.3, 0.4) is 0 Å². The van der Waals surface area contributed by atoms with Crippen molar-refractivity contribution in [3.05, 3.63) is 21.9 Å². The molecule has 2 heteroatoms. The van der Waals surface area contributed by atoms with Gasteiger partial charge in [-0.05, 0) is 47.7 Å². The van der Waals surface area contributed by atoms with Crippen LogP contribution in [0.15, 0.2) is 11.4 Å². The molecule has 1 aromatic heterocycles. The van der Waals surface area contributed by atoms with Crippen LogP contribution < -0.4 is 5.32 Å². The van der Waals surface area contributed by atoms with Crippen LogP contribution in [0.5, 0.6) is 0 Å². The van der Waals surface area contributed by atoms with E-state index in [1.54, 1.807) is 0 Å². The molecule has 1 unspecified atom stereocenters.